The van der Waals surface area contributed by atoms with Crippen LogP contribution in [0.3, 0.4) is 0 Å². The molecule has 1 aliphatic heterocycles. The lowest BCUT2D eigenvalue weighted by Gasteiger charge is -2.27. The number of amides is 1. The van der Waals surface area contributed by atoms with Crippen LogP contribution in [-0.4, -0.2) is 33.7 Å². The third-order valence-electron chi connectivity index (χ3n) is 5.09. The molecule has 0 saturated heterocycles. The molecule has 2 aliphatic rings. The van der Waals surface area contributed by atoms with E-state index in [4.69, 9.17) is 11.6 Å². The number of benzene rings is 1. The topological polar surface area (TPSA) is 70.1 Å². The normalized spacial score (nSPS) is 16.9. The zero-order valence-electron chi connectivity index (χ0n) is 15.8. The van der Waals surface area contributed by atoms with Gasteiger partial charge in [0.15, 0.2) is 0 Å². The van der Waals surface area contributed by atoms with Crippen LogP contribution >= 0.6 is 11.6 Å². The summed E-state index contributed by atoms with van der Waals surface area (Å²) in [4.78, 5) is 26.5. The zero-order chi connectivity index (χ0) is 19.7. The quantitative estimate of drug-likeness (QED) is 0.829. The number of allylic oxidation sites excluding steroid dienone is 2. The van der Waals surface area contributed by atoms with Crippen molar-refractivity contribution in [2.45, 2.75) is 32.7 Å². The van der Waals surface area contributed by atoms with Gasteiger partial charge in [-0.3, -0.25) is 19.6 Å². The first kappa shape index (κ1) is 18.8. The fraction of sp³-hybridized carbons (Fsp3) is 0.333. The number of anilines is 1. The number of halogens is 1. The maximum Gasteiger partial charge on any atom is 0.274 e. The van der Waals surface area contributed by atoms with Gasteiger partial charge in [0, 0.05) is 42.8 Å². The van der Waals surface area contributed by atoms with Crippen LogP contribution in [0.5, 0.6) is 0 Å². The lowest BCUT2D eigenvalue weighted by atomic mass is 10.0. The summed E-state index contributed by atoms with van der Waals surface area (Å²) in [6.07, 6.45) is 6.92. The van der Waals surface area contributed by atoms with Crippen LogP contribution in [0.15, 0.2) is 51.8 Å². The Labute approximate surface area is 168 Å². The van der Waals surface area contributed by atoms with E-state index in [9.17, 15) is 9.59 Å². The molecule has 6 nitrogen and oxygen atoms in total. The summed E-state index contributed by atoms with van der Waals surface area (Å²) in [5, 5.41) is 6.93. The van der Waals surface area contributed by atoms with Gasteiger partial charge in [-0.05, 0) is 49.1 Å². The Balaban J connectivity index is 1.55. The van der Waals surface area contributed by atoms with Crippen molar-refractivity contribution in [2.75, 3.05) is 18.4 Å². The average molecular weight is 399 g/mol. The number of aromatic amines is 1. The number of carbonyl (C=O) groups excluding carboxylic acids is 1. The second-order valence-corrected chi connectivity index (χ2v) is 7.80. The number of aromatic nitrogens is 2. The second kappa shape index (κ2) is 7.81. The molecule has 0 radical (unpaired) electrons. The number of nitrogens with zero attached hydrogens (tertiary/aromatic N) is 2. The Morgan fingerprint density at radius 2 is 2.18 bits per heavy atom. The van der Waals surface area contributed by atoms with E-state index in [2.05, 4.69) is 27.5 Å². The van der Waals surface area contributed by atoms with Crippen LogP contribution in [-0.2, 0) is 17.8 Å². The highest BCUT2D eigenvalue weighted by Gasteiger charge is 2.23. The van der Waals surface area contributed by atoms with E-state index in [0.29, 0.717) is 24.3 Å². The van der Waals surface area contributed by atoms with Crippen LogP contribution in [0.25, 0.3) is 5.69 Å². The van der Waals surface area contributed by atoms with E-state index in [1.165, 1.54) is 12.5 Å². The lowest BCUT2D eigenvalue weighted by molar-refractivity contribution is -0.114. The largest absolute Gasteiger partial charge is 0.326 e. The van der Waals surface area contributed by atoms with Gasteiger partial charge in [-0.25, -0.2) is 4.68 Å². The first-order valence-corrected chi connectivity index (χ1v) is 9.85. The van der Waals surface area contributed by atoms with Crippen LogP contribution < -0.4 is 10.9 Å². The molecule has 4 rings (SSSR count). The molecule has 1 aromatic carbocycles. The van der Waals surface area contributed by atoms with Crippen molar-refractivity contribution in [3.63, 3.8) is 0 Å². The van der Waals surface area contributed by atoms with Crippen molar-refractivity contribution >= 4 is 23.2 Å². The van der Waals surface area contributed by atoms with Crippen molar-refractivity contribution in [2.24, 2.45) is 0 Å². The minimum absolute atomic E-state index is 0.0190. The summed E-state index contributed by atoms with van der Waals surface area (Å²) in [7, 11) is 0. The van der Waals surface area contributed by atoms with Crippen LogP contribution in [0.1, 0.15) is 31.0 Å². The zero-order valence-corrected chi connectivity index (χ0v) is 16.6. The lowest BCUT2D eigenvalue weighted by Crippen LogP contribution is -2.33. The van der Waals surface area contributed by atoms with Gasteiger partial charge in [-0.15, -0.1) is 0 Å². The molecule has 0 spiro atoms. The van der Waals surface area contributed by atoms with E-state index in [0.717, 1.165) is 42.2 Å². The molecule has 7 heteroatoms. The van der Waals surface area contributed by atoms with E-state index in [1.807, 2.05) is 12.1 Å². The highest BCUT2D eigenvalue weighted by atomic mass is 35.5. The fourth-order valence-corrected chi connectivity index (χ4v) is 4.07. The van der Waals surface area contributed by atoms with E-state index in [1.54, 1.807) is 16.8 Å². The number of nitrogens with one attached hydrogen (secondary N) is 2. The number of H-pyrrole nitrogens is 1. The number of hydrogen-bond acceptors (Lipinski definition) is 3. The average Bonchev–Trinajstić information content (AvgIpc) is 2.98. The van der Waals surface area contributed by atoms with Gasteiger partial charge in [0.1, 0.15) is 0 Å². The van der Waals surface area contributed by atoms with Crippen molar-refractivity contribution < 1.29 is 4.79 Å². The summed E-state index contributed by atoms with van der Waals surface area (Å²) in [6.45, 7) is 3.84. The van der Waals surface area contributed by atoms with E-state index < -0.39 is 0 Å². The number of rotatable bonds is 4. The SMILES string of the molecule is CC(=O)Nc1cccc(-n2[nH]c3c(c2=O)CCN(CC2=CCCC(Cl)=C2)C3)c1. The minimum atomic E-state index is -0.142. The maximum atomic E-state index is 12.9. The molecular weight excluding hydrogens is 376 g/mol. The van der Waals surface area contributed by atoms with Gasteiger partial charge in [-0.2, -0.15) is 0 Å². The van der Waals surface area contributed by atoms with E-state index in [-0.39, 0.29) is 11.5 Å². The molecule has 2 aromatic rings. The Bertz CT molecular complexity index is 1030. The molecule has 1 aromatic heterocycles. The molecule has 28 heavy (non-hydrogen) atoms. The van der Waals surface area contributed by atoms with Gasteiger partial charge in [0.25, 0.3) is 5.56 Å². The number of hydrogen-bond donors (Lipinski definition) is 2. The summed E-state index contributed by atoms with van der Waals surface area (Å²) in [6, 6.07) is 7.27. The first-order valence-electron chi connectivity index (χ1n) is 9.48. The van der Waals surface area contributed by atoms with E-state index >= 15 is 0 Å². The molecule has 1 aliphatic carbocycles. The molecule has 2 heterocycles. The molecular formula is C21H23ClN4O2. The number of fused-ring (bicyclic) bond motifs is 1. The van der Waals surface area contributed by atoms with Crippen molar-refractivity contribution in [3.05, 3.63) is 68.6 Å². The Morgan fingerprint density at radius 1 is 1.32 bits per heavy atom. The van der Waals surface area contributed by atoms with Crippen molar-refractivity contribution in [1.29, 1.82) is 0 Å². The van der Waals surface area contributed by atoms with Crippen LogP contribution in [0.4, 0.5) is 5.69 Å². The van der Waals surface area contributed by atoms with Gasteiger partial charge < -0.3 is 5.32 Å². The summed E-state index contributed by atoms with van der Waals surface area (Å²) in [5.74, 6) is -0.142. The van der Waals surface area contributed by atoms with Crippen molar-refractivity contribution in [3.8, 4) is 5.69 Å². The van der Waals surface area contributed by atoms with Crippen molar-refractivity contribution in [1.82, 2.24) is 14.7 Å². The highest BCUT2D eigenvalue weighted by Crippen LogP contribution is 2.23. The predicted molar refractivity (Wildman–Crippen MR) is 111 cm³/mol. The molecule has 0 fully saturated rings. The predicted octanol–water partition coefficient (Wildman–Crippen LogP) is 3.33. The molecule has 0 saturated carbocycles. The first-order chi connectivity index (χ1) is 13.5. The minimum Gasteiger partial charge on any atom is -0.326 e. The number of carbonyl (C=O) groups is 1. The third kappa shape index (κ3) is 3.98. The summed E-state index contributed by atoms with van der Waals surface area (Å²) in [5.41, 5.74) is 4.39. The molecule has 146 valence electrons. The summed E-state index contributed by atoms with van der Waals surface area (Å²) >= 11 is 6.17. The molecule has 0 atom stereocenters. The smallest absolute Gasteiger partial charge is 0.274 e. The summed E-state index contributed by atoms with van der Waals surface area (Å²) < 4.78 is 1.57. The standard InChI is InChI=1S/C21H23ClN4O2/c1-14(27)23-17-6-3-7-18(11-17)26-21(28)19-8-9-25(13-20(19)24-26)12-15-4-2-5-16(22)10-15/h3-4,6-7,10-11,24H,2,5,8-9,12-13H2,1H3,(H,23,27). The monoisotopic (exact) mass is 398 g/mol. The van der Waals surface area contributed by atoms with Crippen LogP contribution in [0, 0.1) is 0 Å². The third-order valence-corrected chi connectivity index (χ3v) is 5.39. The molecule has 2 N–H and O–H groups in total. The molecule has 0 unspecified atom stereocenters. The Hall–Kier alpha value is -2.57. The van der Waals surface area contributed by atoms with Gasteiger partial charge in [0.2, 0.25) is 5.91 Å². The molecule has 1 amide bonds. The Morgan fingerprint density at radius 3 is 2.96 bits per heavy atom. The van der Waals surface area contributed by atoms with Gasteiger partial charge >= 0.3 is 0 Å². The highest BCUT2D eigenvalue weighted by molar-refractivity contribution is 6.29. The maximum absolute atomic E-state index is 12.9. The fourth-order valence-electron chi connectivity index (χ4n) is 3.82. The second-order valence-electron chi connectivity index (χ2n) is 7.31. The van der Waals surface area contributed by atoms with Gasteiger partial charge in [0.05, 0.1) is 11.4 Å². The molecule has 0 bridgehead atoms. The Kier molecular flexibility index (Phi) is 5.24. The van der Waals surface area contributed by atoms with Crippen LogP contribution in [0.2, 0.25) is 0 Å². The van der Waals surface area contributed by atoms with Gasteiger partial charge in [-0.1, -0.05) is 23.7 Å².